The van der Waals surface area contributed by atoms with Gasteiger partial charge in [0.15, 0.2) is 11.5 Å². The number of hydrogen-bond donors (Lipinski definition) is 1. The summed E-state index contributed by atoms with van der Waals surface area (Å²) in [5.74, 6) is 2.50. The zero-order valence-corrected chi connectivity index (χ0v) is 19.0. The van der Waals surface area contributed by atoms with Crippen molar-refractivity contribution in [2.24, 2.45) is 5.10 Å². The fourth-order valence-electron chi connectivity index (χ4n) is 5.50. The molecule has 6 nitrogen and oxygen atoms in total. The van der Waals surface area contributed by atoms with Crippen LogP contribution in [-0.2, 0) is 5.41 Å². The van der Waals surface area contributed by atoms with Crippen LogP contribution in [0.15, 0.2) is 59.7 Å². The number of hydrazone groups is 1. The first kappa shape index (κ1) is 20.8. The molecule has 3 aromatic rings. The van der Waals surface area contributed by atoms with Crippen molar-refractivity contribution in [2.75, 3.05) is 33.2 Å². The number of aromatic nitrogens is 1. The van der Waals surface area contributed by atoms with E-state index in [2.05, 4.69) is 52.7 Å². The van der Waals surface area contributed by atoms with Crippen molar-refractivity contribution in [1.29, 1.82) is 0 Å². The standard InChI is InChI=1S/C26H30N4O2/c1-30-15-14-26(19-9-10-22(31-2)23(16-19)32-3)13-12-20(17-24(26)30)28-29-25-11-8-18-6-4-5-7-21(18)27-25/h4-11,16,24H,12-15,17H2,1-3H3,(H,27,29)/p+1/b28-20+/t24-,26-/m0/s1. The lowest BCUT2D eigenvalue weighted by atomic mass is 9.65. The van der Waals surface area contributed by atoms with Crippen LogP contribution in [0, 0.1) is 0 Å². The third-order valence-electron chi connectivity index (χ3n) is 7.32. The molecule has 2 N–H and O–H groups in total. The van der Waals surface area contributed by atoms with Gasteiger partial charge in [0.05, 0.1) is 19.9 Å². The second kappa shape index (κ2) is 8.43. The van der Waals surface area contributed by atoms with Crippen LogP contribution in [0.4, 0.5) is 5.82 Å². The number of nitrogens with one attached hydrogen (secondary N) is 2. The van der Waals surface area contributed by atoms with Gasteiger partial charge in [-0.15, -0.1) is 5.43 Å². The Bertz CT molecular complexity index is 1160. The number of ether oxygens (including phenoxy) is 2. The van der Waals surface area contributed by atoms with E-state index < -0.39 is 0 Å². The average Bonchev–Trinajstić information content (AvgIpc) is 3.19. The molecule has 5 rings (SSSR count). The SMILES string of the molecule is COc1ccc([C@@]23CC/C(=N\Nc4ccc5ccccc5[nH+]4)C[C@@H]2N(C)CC3)cc1OC. The van der Waals surface area contributed by atoms with Crippen molar-refractivity contribution in [3.05, 3.63) is 60.2 Å². The smallest absolute Gasteiger partial charge is 0.297 e. The quantitative estimate of drug-likeness (QED) is 0.613. The number of fused-ring (bicyclic) bond motifs is 2. The number of anilines is 1. The fourth-order valence-corrected chi connectivity index (χ4v) is 5.50. The van der Waals surface area contributed by atoms with Gasteiger partial charge in [-0.25, -0.2) is 4.98 Å². The number of pyridine rings is 1. The zero-order chi connectivity index (χ0) is 22.1. The van der Waals surface area contributed by atoms with Gasteiger partial charge in [-0.2, -0.15) is 0 Å². The maximum Gasteiger partial charge on any atom is 0.297 e. The average molecular weight is 432 g/mol. The van der Waals surface area contributed by atoms with Gasteiger partial charge in [0.25, 0.3) is 5.82 Å². The van der Waals surface area contributed by atoms with Crippen molar-refractivity contribution >= 4 is 22.4 Å². The van der Waals surface area contributed by atoms with Gasteiger partial charge in [0, 0.05) is 29.3 Å². The number of likely N-dealkylation sites (N-methyl/N-ethyl adjacent to an activating group) is 1. The maximum atomic E-state index is 5.60. The molecule has 166 valence electrons. The molecule has 1 aliphatic carbocycles. The summed E-state index contributed by atoms with van der Waals surface area (Å²) in [6.45, 7) is 1.10. The van der Waals surface area contributed by atoms with E-state index >= 15 is 0 Å². The first-order valence-electron chi connectivity index (χ1n) is 11.3. The van der Waals surface area contributed by atoms with Gasteiger partial charge in [-0.1, -0.05) is 29.4 Å². The Morgan fingerprint density at radius 3 is 2.72 bits per heavy atom. The normalized spacial score (nSPS) is 24.5. The number of rotatable bonds is 5. The minimum absolute atomic E-state index is 0.127. The molecule has 2 atom stereocenters. The third kappa shape index (κ3) is 3.58. The number of benzene rings is 2. The Balaban J connectivity index is 1.38. The second-order valence-electron chi connectivity index (χ2n) is 8.93. The van der Waals surface area contributed by atoms with Crippen molar-refractivity contribution in [3.63, 3.8) is 0 Å². The van der Waals surface area contributed by atoms with Gasteiger partial charge >= 0.3 is 0 Å². The number of hydrogen-bond acceptors (Lipinski definition) is 5. The highest BCUT2D eigenvalue weighted by molar-refractivity contribution is 5.87. The van der Waals surface area contributed by atoms with E-state index in [0.29, 0.717) is 6.04 Å². The summed E-state index contributed by atoms with van der Waals surface area (Å²) in [4.78, 5) is 5.92. The second-order valence-corrected chi connectivity index (χ2v) is 8.93. The number of likely N-dealkylation sites (tertiary alicyclic amines) is 1. The molecule has 2 fully saturated rings. The lowest BCUT2D eigenvalue weighted by Gasteiger charge is -2.42. The van der Waals surface area contributed by atoms with Gasteiger partial charge < -0.3 is 14.4 Å². The van der Waals surface area contributed by atoms with Gasteiger partial charge in [-0.05, 0) is 62.7 Å². The Morgan fingerprint density at radius 2 is 1.88 bits per heavy atom. The molecule has 0 bridgehead atoms. The topological polar surface area (TPSA) is 60.2 Å². The molecule has 0 radical (unpaired) electrons. The largest absolute Gasteiger partial charge is 0.493 e. The van der Waals surface area contributed by atoms with Crippen LogP contribution in [0.25, 0.3) is 10.9 Å². The summed E-state index contributed by atoms with van der Waals surface area (Å²) in [7, 11) is 5.63. The molecule has 1 aromatic heterocycles. The van der Waals surface area contributed by atoms with E-state index in [1.54, 1.807) is 14.2 Å². The molecule has 0 spiro atoms. The molecular formula is C26H31N4O2+. The summed E-state index contributed by atoms with van der Waals surface area (Å²) in [5, 5.41) is 6.00. The highest BCUT2D eigenvalue weighted by Gasteiger charge is 2.50. The van der Waals surface area contributed by atoms with E-state index in [4.69, 9.17) is 14.6 Å². The lowest BCUT2D eigenvalue weighted by molar-refractivity contribution is -0.327. The van der Waals surface area contributed by atoms with Crippen LogP contribution < -0.4 is 19.9 Å². The summed E-state index contributed by atoms with van der Waals surface area (Å²) >= 11 is 0. The highest BCUT2D eigenvalue weighted by atomic mass is 16.5. The van der Waals surface area contributed by atoms with E-state index in [9.17, 15) is 0 Å². The Morgan fingerprint density at radius 1 is 1.03 bits per heavy atom. The van der Waals surface area contributed by atoms with Crippen LogP contribution in [0.1, 0.15) is 31.2 Å². The minimum Gasteiger partial charge on any atom is -0.493 e. The number of para-hydroxylation sites is 1. The third-order valence-corrected chi connectivity index (χ3v) is 7.32. The Hall–Kier alpha value is -3.12. The van der Waals surface area contributed by atoms with Crippen LogP contribution in [0.3, 0.4) is 0 Å². The van der Waals surface area contributed by atoms with Crippen molar-refractivity contribution in [1.82, 2.24) is 4.90 Å². The molecule has 1 saturated carbocycles. The summed E-state index contributed by atoms with van der Waals surface area (Å²) in [6, 6.07) is 19.3. The molecule has 6 heteroatoms. The van der Waals surface area contributed by atoms with E-state index in [1.165, 1.54) is 16.7 Å². The molecule has 2 heterocycles. The zero-order valence-electron chi connectivity index (χ0n) is 19.0. The number of methoxy groups -OCH3 is 2. The monoisotopic (exact) mass is 431 g/mol. The Kier molecular flexibility index (Phi) is 5.47. The van der Waals surface area contributed by atoms with Crippen LogP contribution >= 0.6 is 0 Å². The van der Waals surface area contributed by atoms with Gasteiger partial charge in [0.1, 0.15) is 5.52 Å². The minimum atomic E-state index is 0.127. The summed E-state index contributed by atoms with van der Waals surface area (Å²) in [6.07, 6.45) is 4.19. The van der Waals surface area contributed by atoms with Crippen molar-refractivity contribution < 1.29 is 14.5 Å². The molecule has 32 heavy (non-hydrogen) atoms. The van der Waals surface area contributed by atoms with Crippen LogP contribution in [0.2, 0.25) is 0 Å². The molecule has 2 aromatic carbocycles. The number of H-pyrrole nitrogens is 1. The number of aromatic amines is 1. The Labute approximate surface area is 189 Å². The first-order chi connectivity index (χ1) is 15.6. The van der Waals surface area contributed by atoms with Gasteiger partial charge in [-0.3, -0.25) is 0 Å². The van der Waals surface area contributed by atoms with Crippen LogP contribution in [-0.4, -0.2) is 44.5 Å². The molecule has 1 saturated heterocycles. The first-order valence-corrected chi connectivity index (χ1v) is 11.3. The maximum absolute atomic E-state index is 5.60. The predicted molar refractivity (Wildman–Crippen MR) is 128 cm³/mol. The van der Waals surface area contributed by atoms with E-state index in [1.807, 2.05) is 24.3 Å². The van der Waals surface area contributed by atoms with Gasteiger partial charge in [0.2, 0.25) is 0 Å². The lowest BCUT2D eigenvalue weighted by Crippen LogP contribution is -2.46. The highest BCUT2D eigenvalue weighted by Crippen LogP contribution is 2.49. The fraction of sp³-hybridized carbons (Fsp3) is 0.385. The molecular weight excluding hydrogens is 400 g/mol. The van der Waals surface area contributed by atoms with E-state index in [0.717, 1.165) is 55.1 Å². The van der Waals surface area contributed by atoms with Crippen molar-refractivity contribution in [2.45, 2.75) is 37.1 Å². The molecule has 0 unspecified atom stereocenters. The molecule has 1 aliphatic heterocycles. The molecule has 0 amide bonds. The van der Waals surface area contributed by atoms with Crippen molar-refractivity contribution in [3.8, 4) is 11.5 Å². The summed E-state index contributed by atoms with van der Waals surface area (Å²) in [5.41, 5.74) is 7.06. The molecule has 2 aliphatic rings. The summed E-state index contributed by atoms with van der Waals surface area (Å²) < 4.78 is 11.1. The number of nitrogens with zero attached hydrogens (tertiary/aromatic N) is 2. The predicted octanol–water partition coefficient (Wildman–Crippen LogP) is 4.27. The van der Waals surface area contributed by atoms with Crippen LogP contribution in [0.5, 0.6) is 11.5 Å². The van der Waals surface area contributed by atoms with E-state index in [-0.39, 0.29) is 5.41 Å².